The molecule has 0 fully saturated rings. The normalized spacial score (nSPS) is 12.6. The molecule has 1 aromatic heterocycles. The van der Waals surface area contributed by atoms with E-state index in [-0.39, 0.29) is 12.6 Å². The summed E-state index contributed by atoms with van der Waals surface area (Å²) in [5.41, 5.74) is 1.15. The van der Waals surface area contributed by atoms with Crippen LogP contribution in [0.25, 0.3) is 10.8 Å². The van der Waals surface area contributed by atoms with Gasteiger partial charge >= 0.3 is 0 Å². The summed E-state index contributed by atoms with van der Waals surface area (Å²) >= 11 is 0. The van der Waals surface area contributed by atoms with Crippen LogP contribution in [0.15, 0.2) is 30.5 Å². The maximum Gasteiger partial charge on any atom is 0.221 e. The zero-order valence-corrected chi connectivity index (χ0v) is 11.4. The molecule has 4 nitrogen and oxygen atoms in total. The number of aliphatic hydroxyl groups is 1. The zero-order valence-electron chi connectivity index (χ0n) is 11.4. The Balaban J connectivity index is 2.33. The second kappa shape index (κ2) is 6.50. The lowest BCUT2D eigenvalue weighted by atomic mass is 10.0. The van der Waals surface area contributed by atoms with Gasteiger partial charge in [-0.25, -0.2) is 4.98 Å². The smallest absolute Gasteiger partial charge is 0.221 e. The second-order valence-corrected chi connectivity index (χ2v) is 4.52. The minimum Gasteiger partial charge on any atom is -0.481 e. The molecule has 4 heteroatoms. The molecule has 0 aliphatic rings. The third-order valence-corrected chi connectivity index (χ3v) is 3.23. The average Bonchev–Trinajstić information content (AvgIpc) is 2.46. The van der Waals surface area contributed by atoms with Gasteiger partial charge in [-0.1, -0.05) is 18.2 Å². The summed E-state index contributed by atoms with van der Waals surface area (Å²) in [5, 5.41) is 14.4. The number of pyridine rings is 1. The fourth-order valence-electron chi connectivity index (χ4n) is 2.20. The summed E-state index contributed by atoms with van der Waals surface area (Å²) < 4.78 is 5.30. The second-order valence-electron chi connectivity index (χ2n) is 4.52. The highest BCUT2D eigenvalue weighted by Crippen LogP contribution is 2.29. The standard InChI is InChI=1S/C15H20N2O2/c1-11(16-8-5-9-18)14-10-17-15(19-2)13-7-4-3-6-12(13)14/h3-4,6-7,10-11,16,18H,5,8-9H2,1-2H3. The van der Waals surface area contributed by atoms with Crippen LogP contribution in [0.5, 0.6) is 5.88 Å². The van der Waals surface area contributed by atoms with Crippen molar-refractivity contribution < 1.29 is 9.84 Å². The van der Waals surface area contributed by atoms with Gasteiger partial charge in [0.2, 0.25) is 5.88 Å². The van der Waals surface area contributed by atoms with E-state index in [2.05, 4.69) is 23.3 Å². The fourth-order valence-corrected chi connectivity index (χ4v) is 2.20. The van der Waals surface area contributed by atoms with Gasteiger partial charge in [-0.05, 0) is 36.9 Å². The maximum absolute atomic E-state index is 8.82. The van der Waals surface area contributed by atoms with E-state index < -0.39 is 0 Å². The van der Waals surface area contributed by atoms with Crippen molar-refractivity contribution >= 4 is 10.8 Å². The zero-order chi connectivity index (χ0) is 13.7. The van der Waals surface area contributed by atoms with Crippen LogP contribution in [0.2, 0.25) is 0 Å². The molecule has 2 rings (SSSR count). The van der Waals surface area contributed by atoms with E-state index in [0.29, 0.717) is 5.88 Å². The van der Waals surface area contributed by atoms with Gasteiger partial charge in [0, 0.05) is 24.2 Å². The average molecular weight is 260 g/mol. The summed E-state index contributed by atoms with van der Waals surface area (Å²) in [6.07, 6.45) is 2.61. The van der Waals surface area contributed by atoms with Gasteiger partial charge in [0.05, 0.1) is 7.11 Å². The molecule has 0 aliphatic heterocycles. The minimum atomic E-state index is 0.190. The molecule has 2 aromatic rings. The van der Waals surface area contributed by atoms with Crippen molar-refractivity contribution in [1.29, 1.82) is 0 Å². The van der Waals surface area contributed by atoms with Gasteiger partial charge in [-0.15, -0.1) is 0 Å². The molecule has 0 spiro atoms. The Morgan fingerprint density at radius 3 is 2.74 bits per heavy atom. The Kier molecular flexibility index (Phi) is 4.71. The van der Waals surface area contributed by atoms with Crippen LogP contribution in [-0.2, 0) is 0 Å². The van der Waals surface area contributed by atoms with E-state index in [1.165, 1.54) is 0 Å². The lowest BCUT2D eigenvalue weighted by Crippen LogP contribution is -2.21. The number of aliphatic hydroxyl groups excluding tert-OH is 1. The molecular weight excluding hydrogens is 240 g/mol. The number of ether oxygens (including phenoxy) is 1. The van der Waals surface area contributed by atoms with Crippen LogP contribution in [0.1, 0.15) is 24.9 Å². The molecule has 0 saturated carbocycles. The largest absolute Gasteiger partial charge is 0.481 e. The fraction of sp³-hybridized carbons (Fsp3) is 0.400. The van der Waals surface area contributed by atoms with Gasteiger partial charge in [0.25, 0.3) is 0 Å². The molecule has 1 atom stereocenters. The summed E-state index contributed by atoms with van der Waals surface area (Å²) in [6.45, 7) is 3.10. The van der Waals surface area contributed by atoms with Gasteiger partial charge in [-0.2, -0.15) is 0 Å². The van der Waals surface area contributed by atoms with Crippen LogP contribution in [0.3, 0.4) is 0 Å². The number of aromatic nitrogens is 1. The van der Waals surface area contributed by atoms with E-state index in [4.69, 9.17) is 9.84 Å². The van der Waals surface area contributed by atoms with Gasteiger partial charge in [-0.3, -0.25) is 0 Å². The molecule has 102 valence electrons. The van der Waals surface area contributed by atoms with Gasteiger partial charge in [0.15, 0.2) is 0 Å². The summed E-state index contributed by atoms with van der Waals surface area (Å²) in [5.74, 6) is 0.655. The number of hydrogen-bond donors (Lipinski definition) is 2. The molecular formula is C15H20N2O2. The first-order valence-electron chi connectivity index (χ1n) is 6.53. The van der Waals surface area contributed by atoms with Crippen molar-refractivity contribution in [3.63, 3.8) is 0 Å². The monoisotopic (exact) mass is 260 g/mol. The van der Waals surface area contributed by atoms with Crippen molar-refractivity contribution in [1.82, 2.24) is 10.3 Å². The number of rotatable bonds is 6. The first-order chi connectivity index (χ1) is 9.27. The first kappa shape index (κ1) is 13.8. The number of nitrogens with zero attached hydrogens (tertiary/aromatic N) is 1. The molecule has 0 amide bonds. The predicted molar refractivity (Wildman–Crippen MR) is 76.4 cm³/mol. The summed E-state index contributed by atoms with van der Waals surface area (Å²) in [4.78, 5) is 4.36. The molecule has 0 saturated heterocycles. The number of benzene rings is 1. The highest BCUT2D eigenvalue weighted by molar-refractivity contribution is 5.89. The van der Waals surface area contributed by atoms with E-state index >= 15 is 0 Å². The topological polar surface area (TPSA) is 54.4 Å². The van der Waals surface area contributed by atoms with Crippen molar-refractivity contribution in [3.8, 4) is 5.88 Å². The number of hydrogen-bond acceptors (Lipinski definition) is 4. The summed E-state index contributed by atoms with van der Waals surface area (Å²) in [7, 11) is 1.64. The Morgan fingerprint density at radius 2 is 2.05 bits per heavy atom. The first-order valence-corrected chi connectivity index (χ1v) is 6.53. The highest BCUT2D eigenvalue weighted by Gasteiger charge is 2.12. The number of nitrogens with one attached hydrogen (secondary N) is 1. The van der Waals surface area contributed by atoms with Crippen molar-refractivity contribution in [2.24, 2.45) is 0 Å². The van der Waals surface area contributed by atoms with Crippen LogP contribution in [0, 0.1) is 0 Å². The lowest BCUT2D eigenvalue weighted by molar-refractivity contribution is 0.284. The molecule has 1 unspecified atom stereocenters. The molecule has 0 bridgehead atoms. The Morgan fingerprint density at radius 1 is 1.32 bits per heavy atom. The van der Waals surface area contributed by atoms with Crippen molar-refractivity contribution in [2.75, 3.05) is 20.3 Å². The Labute approximate surface area is 113 Å². The third kappa shape index (κ3) is 3.03. The van der Waals surface area contributed by atoms with Crippen LogP contribution >= 0.6 is 0 Å². The minimum absolute atomic E-state index is 0.190. The molecule has 0 aliphatic carbocycles. The highest BCUT2D eigenvalue weighted by atomic mass is 16.5. The van der Waals surface area contributed by atoms with Gasteiger partial charge < -0.3 is 15.2 Å². The van der Waals surface area contributed by atoms with E-state index in [1.54, 1.807) is 7.11 Å². The third-order valence-electron chi connectivity index (χ3n) is 3.23. The quantitative estimate of drug-likeness (QED) is 0.782. The van der Waals surface area contributed by atoms with E-state index in [9.17, 15) is 0 Å². The predicted octanol–water partition coefficient (Wildman–Crippen LogP) is 2.28. The maximum atomic E-state index is 8.82. The molecule has 1 heterocycles. The Bertz CT molecular complexity index is 543. The van der Waals surface area contributed by atoms with Crippen LogP contribution in [-0.4, -0.2) is 30.4 Å². The number of methoxy groups -OCH3 is 1. The van der Waals surface area contributed by atoms with Crippen LogP contribution < -0.4 is 10.1 Å². The molecule has 0 radical (unpaired) electrons. The van der Waals surface area contributed by atoms with Crippen LogP contribution in [0.4, 0.5) is 0 Å². The lowest BCUT2D eigenvalue weighted by Gasteiger charge is -2.17. The van der Waals surface area contributed by atoms with Crippen molar-refractivity contribution in [3.05, 3.63) is 36.0 Å². The molecule has 2 N–H and O–H groups in total. The Hall–Kier alpha value is -1.65. The van der Waals surface area contributed by atoms with E-state index in [0.717, 1.165) is 29.3 Å². The molecule has 19 heavy (non-hydrogen) atoms. The van der Waals surface area contributed by atoms with E-state index in [1.807, 2.05) is 24.4 Å². The van der Waals surface area contributed by atoms with Gasteiger partial charge in [0.1, 0.15) is 0 Å². The number of fused-ring (bicyclic) bond motifs is 1. The van der Waals surface area contributed by atoms with Crippen molar-refractivity contribution in [2.45, 2.75) is 19.4 Å². The summed E-state index contributed by atoms with van der Waals surface area (Å²) in [6, 6.07) is 8.30. The SMILES string of the molecule is COc1ncc(C(C)NCCCO)c2ccccc12. The molecule has 1 aromatic carbocycles.